The number of para-hydroxylation sites is 1. The Hall–Kier alpha value is -2.19. The summed E-state index contributed by atoms with van der Waals surface area (Å²) in [5, 5.41) is 0. The van der Waals surface area contributed by atoms with Crippen molar-refractivity contribution in [2.45, 2.75) is 24.1 Å². The summed E-state index contributed by atoms with van der Waals surface area (Å²) in [4.78, 5) is 3.82. The summed E-state index contributed by atoms with van der Waals surface area (Å²) in [6.07, 6.45) is 0. The molecule has 3 rings (SSSR count). The lowest BCUT2D eigenvalue weighted by Gasteiger charge is -2.36. The highest BCUT2D eigenvalue weighted by Crippen LogP contribution is 2.30. The SMILES string of the molecule is CCOc1ccc(CN2CCN(c3ccccc3S(=O)(=O)C(F)F)CC2)cc1. The number of hydrogen-bond donors (Lipinski definition) is 0. The van der Waals surface area contributed by atoms with Gasteiger partial charge in [-0.25, -0.2) is 8.42 Å². The van der Waals surface area contributed by atoms with Gasteiger partial charge in [0, 0.05) is 32.7 Å². The van der Waals surface area contributed by atoms with Crippen LogP contribution in [0, 0.1) is 0 Å². The fraction of sp³-hybridized carbons (Fsp3) is 0.400. The monoisotopic (exact) mass is 410 g/mol. The minimum absolute atomic E-state index is 0.301. The summed E-state index contributed by atoms with van der Waals surface area (Å²) in [5.74, 6) is -2.58. The standard InChI is InChI=1S/C20H24F2N2O3S/c1-2-27-17-9-7-16(8-10-17)15-23-11-13-24(14-12-23)18-5-3-4-6-19(18)28(25,26)20(21)22/h3-10,20H,2,11-15H2,1H3. The maximum Gasteiger partial charge on any atom is 0.341 e. The van der Waals surface area contributed by atoms with Crippen LogP contribution in [0.1, 0.15) is 12.5 Å². The van der Waals surface area contributed by atoms with Crippen LogP contribution in [-0.4, -0.2) is 51.9 Å². The lowest BCUT2D eigenvalue weighted by Crippen LogP contribution is -2.46. The molecule has 1 aliphatic rings. The summed E-state index contributed by atoms with van der Waals surface area (Å²) in [7, 11) is -4.63. The molecular formula is C20H24F2N2O3S. The third-order valence-electron chi connectivity index (χ3n) is 4.76. The second-order valence-corrected chi connectivity index (χ2v) is 8.50. The van der Waals surface area contributed by atoms with Gasteiger partial charge in [0.05, 0.1) is 17.2 Å². The summed E-state index contributed by atoms with van der Waals surface area (Å²) in [6, 6.07) is 13.9. The fourth-order valence-electron chi connectivity index (χ4n) is 3.32. The molecule has 0 unspecified atom stereocenters. The van der Waals surface area contributed by atoms with Gasteiger partial charge >= 0.3 is 5.76 Å². The average Bonchev–Trinajstić information content (AvgIpc) is 2.70. The summed E-state index contributed by atoms with van der Waals surface area (Å²) in [6.45, 7) is 5.94. The largest absolute Gasteiger partial charge is 0.494 e. The Labute approximate surface area is 164 Å². The highest BCUT2D eigenvalue weighted by atomic mass is 32.2. The molecule has 0 bridgehead atoms. The molecule has 152 valence electrons. The predicted octanol–water partition coefficient (Wildman–Crippen LogP) is 3.40. The van der Waals surface area contributed by atoms with E-state index in [-0.39, 0.29) is 4.90 Å². The molecule has 0 amide bonds. The zero-order valence-corrected chi connectivity index (χ0v) is 16.5. The second kappa shape index (κ2) is 8.87. The lowest BCUT2D eigenvalue weighted by atomic mass is 10.2. The van der Waals surface area contributed by atoms with Crippen molar-refractivity contribution in [3.63, 3.8) is 0 Å². The summed E-state index contributed by atoms with van der Waals surface area (Å²) < 4.78 is 55.4. The molecule has 0 saturated carbocycles. The van der Waals surface area contributed by atoms with E-state index >= 15 is 0 Å². The highest BCUT2D eigenvalue weighted by Gasteiger charge is 2.31. The van der Waals surface area contributed by atoms with Crippen LogP contribution >= 0.6 is 0 Å². The zero-order chi connectivity index (χ0) is 20.1. The topological polar surface area (TPSA) is 49.9 Å². The molecule has 0 aromatic heterocycles. The molecule has 1 saturated heterocycles. The number of nitrogens with zero attached hydrogens (tertiary/aromatic N) is 2. The highest BCUT2D eigenvalue weighted by molar-refractivity contribution is 7.91. The molecule has 0 radical (unpaired) electrons. The maximum absolute atomic E-state index is 13.0. The molecule has 0 atom stereocenters. The van der Waals surface area contributed by atoms with E-state index in [4.69, 9.17) is 4.74 Å². The zero-order valence-electron chi connectivity index (χ0n) is 15.7. The minimum atomic E-state index is -4.63. The molecule has 1 fully saturated rings. The number of benzene rings is 2. The predicted molar refractivity (Wildman–Crippen MR) is 105 cm³/mol. The van der Waals surface area contributed by atoms with E-state index in [1.807, 2.05) is 36.1 Å². The van der Waals surface area contributed by atoms with Crippen molar-refractivity contribution in [2.24, 2.45) is 0 Å². The molecule has 0 N–H and O–H groups in total. The second-order valence-electron chi connectivity index (χ2n) is 6.61. The van der Waals surface area contributed by atoms with Crippen molar-refractivity contribution in [1.82, 2.24) is 4.90 Å². The Morgan fingerprint density at radius 2 is 1.64 bits per heavy atom. The smallest absolute Gasteiger partial charge is 0.341 e. The Morgan fingerprint density at radius 1 is 1.00 bits per heavy atom. The molecule has 28 heavy (non-hydrogen) atoms. The molecule has 1 aliphatic heterocycles. The number of alkyl halides is 2. The Morgan fingerprint density at radius 3 is 2.25 bits per heavy atom. The van der Waals surface area contributed by atoms with Crippen LogP contribution in [0.2, 0.25) is 0 Å². The van der Waals surface area contributed by atoms with Crippen molar-refractivity contribution < 1.29 is 21.9 Å². The first-order valence-corrected chi connectivity index (χ1v) is 10.8. The first-order chi connectivity index (χ1) is 13.4. The van der Waals surface area contributed by atoms with Crippen LogP contribution < -0.4 is 9.64 Å². The van der Waals surface area contributed by atoms with Gasteiger partial charge in [-0.1, -0.05) is 24.3 Å². The van der Waals surface area contributed by atoms with E-state index in [1.165, 1.54) is 12.1 Å². The third-order valence-corrected chi connectivity index (χ3v) is 6.19. The number of sulfone groups is 1. The van der Waals surface area contributed by atoms with Gasteiger partial charge in [0.2, 0.25) is 9.84 Å². The molecule has 0 aliphatic carbocycles. The van der Waals surface area contributed by atoms with E-state index in [0.29, 0.717) is 25.4 Å². The molecule has 5 nitrogen and oxygen atoms in total. The quantitative estimate of drug-likeness (QED) is 0.700. The van der Waals surface area contributed by atoms with Crippen LogP contribution in [0.15, 0.2) is 53.4 Å². The molecule has 1 heterocycles. The lowest BCUT2D eigenvalue weighted by molar-refractivity contribution is 0.234. The van der Waals surface area contributed by atoms with E-state index in [1.54, 1.807) is 12.1 Å². The van der Waals surface area contributed by atoms with Gasteiger partial charge in [0.15, 0.2) is 0 Å². The normalized spacial score (nSPS) is 15.8. The van der Waals surface area contributed by atoms with Crippen molar-refractivity contribution in [3.05, 3.63) is 54.1 Å². The van der Waals surface area contributed by atoms with Crippen LogP contribution in [0.5, 0.6) is 5.75 Å². The van der Waals surface area contributed by atoms with Gasteiger partial charge in [-0.15, -0.1) is 0 Å². The van der Waals surface area contributed by atoms with Gasteiger partial charge in [-0.05, 0) is 36.8 Å². The van der Waals surface area contributed by atoms with Crippen molar-refractivity contribution >= 4 is 15.5 Å². The Balaban J connectivity index is 1.65. The van der Waals surface area contributed by atoms with Gasteiger partial charge in [-0.3, -0.25) is 4.90 Å². The van der Waals surface area contributed by atoms with Crippen LogP contribution in [-0.2, 0) is 16.4 Å². The maximum atomic E-state index is 13.0. The van der Waals surface area contributed by atoms with E-state index < -0.39 is 15.6 Å². The molecule has 2 aromatic rings. The molecule has 8 heteroatoms. The van der Waals surface area contributed by atoms with Crippen LogP contribution in [0.4, 0.5) is 14.5 Å². The first-order valence-electron chi connectivity index (χ1n) is 9.22. The minimum Gasteiger partial charge on any atom is -0.494 e. The average molecular weight is 410 g/mol. The van der Waals surface area contributed by atoms with Gasteiger partial charge < -0.3 is 9.64 Å². The van der Waals surface area contributed by atoms with Crippen LogP contribution in [0.3, 0.4) is 0 Å². The third kappa shape index (κ3) is 4.62. The number of hydrogen-bond acceptors (Lipinski definition) is 5. The van der Waals surface area contributed by atoms with Crippen molar-refractivity contribution in [1.29, 1.82) is 0 Å². The van der Waals surface area contributed by atoms with Crippen molar-refractivity contribution in [2.75, 3.05) is 37.7 Å². The number of rotatable bonds is 7. The van der Waals surface area contributed by atoms with E-state index in [9.17, 15) is 17.2 Å². The van der Waals surface area contributed by atoms with Crippen molar-refractivity contribution in [3.8, 4) is 5.75 Å². The number of halogens is 2. The van der Waals surface area contributed by atoms with Crippen LogP contribution in [0.25, 0.3) is 0 Å². The first kappa shape index (κ1) is 20.5. The van der Waals surface area contributed by atoms with Gasteiger partial charge in [0.1, 0.15) is 5.75 Å². The van der Waals surface area contributed by atoms with Gasteiger partial charge in [0.25, 0.3) is 0 Å². The van der Waals surface area contributed by atoms with E-state index in [2.05, 4.69) is 4.90 Å². The Kier molecular flexibility index (Phi) is 6.51. The summed E-state index contributed by atoms with van der Waals surface area (Å²) in [5.41, 5.74) is 1.51. The molecule has 0 spiro atoms. The number of ether oxygens (including phenoxy) is 1. The number of piperazine rings is 1. The molecular weight excluding hydrogens is 386 g/mol. The van der Waals surface area contributed by atoms with Gasteiger partial charge in [-0.2, -0.15) is 8.78 Å². The van der Waals surface area contributed by atoms with E-state index in [0.717, 1.165) is 30.9 Å². The number of anilines is 1. The Bertz CT molecular complexity index is 881. The summed E-state index contributed by atoms with van der Waals surface area (Å²) >= 11 is 0. The fourth-order valence-corrected chi connectivity index (χ4v) is 4.27. The molecule has 2 aromatic carbocycles.